The summed E-state index contributed by atoms with van der Waals surface area (Å²) in [5, 5.41) is 7.79. The maximum atomic E-state index is 5.23. The molecule has 1 atom stereocenters. The van der Waals surface area contributed by atoms with Gasteiger partial charge in [-0.25, -0.2) is 0 Å². The Kier molecular flexibility index (Phi) is 3.99. The number of ether oxygens (including phenoxy) is 1. The topological polar surface area (TPSA) is 39.1 Å². The Hall–Kier alpha value is -1.81. The van der Waals surface area contributed by atoms with Crippen molar-refractivity contribution in [1.29, 1.82) is 0 Å². The van der Waals surface area contributed by atoms with Gasteiger partial charge in [-0.2, -0.15) is 5.10 Å². The van der Waals surface area contributed by atoms with Crippen LogP contribution in [0.2, 0.25) is 0 Å². The van der Waals surface area contributed by atoms with E-state index in [0.717, 1.165) is 18.0 Å². The average molecular weight is 245 g/mol. The highest BCUT2D eigenvalue weighted by Gasteiger charge is 2.06. The molecule has 18 heavy (non-hydrogen) atoms. The third-order valence-electron chi connectivity index (χ3n) is 2.95. The van der Waals surface area contributed by atoms with Gasteiger partial charge in [0, 0.05) is 25.8 Å². The molecule has 0 bridgehead atoms. The van der Waals surface area contributed by atoms with E-state index in [-0.39, 0.29) is 6.04 Å². The minimum atomic E-state index is 0.266. The largest absolute Gasteiger partial charge is 0.497 e. The molecule has 0 aliphatic heterocycles. The second-order valence-electron chi connectivity index (χ2n) is 4.36. The Bertz CT molecular complexity index is 507. The number of methoxy groups -OCH3 is 1. The van der Waals surface area contributed by atoms with Crippen LogP contribution < -0.4 is 10.1 Å². The van der Waals surface area contributed by atoms with Gasteiger partial charge in [0.1, 0.15) is 5.75 Å². The van der Waals surface area contributed by atoms with Crippen molar-refractivity contribution < 1.29 is 4.74 Å². The van der Waals surface area contributed by atoms with Gasteiger partial charge in [0.25, 0.3) is 0 Å². The predicted octanol–water partition coefficient (Wildman–Crippen LogP) is 2.28. The molecule has 1 N–H and O–H groups in total. The van der Waals surface area contributed by atoms with Crippen molar-refractivity contribution in [3.63, 3.8) is 0 Å². The summed E-state index contributed by atoms with van der Waals surface area (Å²) in [5.74, 6) is 0.888. The Balaban J connectivity index is 1.96. The van der Waals surface area contributed by atoms with Crippen molar-refractivity contribution in [2.75, 3.05) is 7.11 Å². The van der Waals surface area contributed by atoms with Gasteiger partial charge in [-0.15, -0.1) is 0 Å². The maximum Gasteiger partial charge on any atom is 0.119 e. The van der Waals surface area contributed by atoms with Crippen LogP contribution in [0.25, 0.3) is 0 Å². The molecule has 0 unspecified atom stereocenters. The highest BCUT2D eigenvalue weighted by Crippen LogP contribution is 2.18. The van der Waals surface area contributed by atoms with Crippen molar-refractivity contribution in [2.24, 2.45) is 7.05 Å². The van der Waals surface area contributed by atoms with Crippen molar-refractivity contribution >= 4 is 0 Å². The normalized spacial score (nSPS) is 12.4. The summed E-state index contributed by atoms with van der Waals surface area (Å²) in [6, 6.07) is 10.4. The molecule has 96 valence electrons. The summed E-state index contributed by atoms with van der Waals surface area (Å²) < 4.78 is 7.04. The van der Waals surface area contributed by atoms with Crippen LogP contribution >= 0.6 is 0 Å². The van der Waals surface area contributed by atoms with E-state index >= 15 is 0 Å². The smallest absolute Gasteiger partial charge is 0.119 e. The lowest BCUT2D eigenvalue weighted by atomic mass is 10.1. The van der Waals surface area contributed by atoms with Crippen LogP contribution in [0.15, 0.2) is 36.5 Å². The molecule has 0 saturated heterocycles. The Morgan fingerprint density at radius 1 is 1.39 bits per heavy atom. The summed E-state index contributed by atoms with van der Waals surface area (Å²) in [5.41, 5.74) is 2.26. The van der Waals surface area contributed by atoms with Gasteiger partial charge in [-0.05, 0) is 30.7 Å². The number of aryl methyl sites for hydroxylation is 1. The fourth-order valence-electron chi connectivity index (χ4n) is 1.84. The predicted molar refractivity (Wildman–Crippen MR) is 71.5 cm³/mol. The first-order chi connectivity index (χ1) is 8.69. The third-order valence-corrected chi connectivity index (χ3v) is 2.95. The molecule has 2 rings (SSSR count). The third kappa shape index (κ3) is 3.11. The van der Waals surface area contributed by atoms with Gasteiger partial charge in [-0.1, -0.05) is 12.1 Å². The van der Waals surface area contributed by atoms with E-state index in [1.807, 2.05) is 36.1 Å². The highest BCUT2D eigenvalue weighted by molar-refractivity contribution is 5.30. The molecule has 0 saturated carbocycles. The average Bonchev–Trinajstić information content (AvgIpc) is 2.82. The molecule has 4 heteroatoms. The van der Waals surface area contributed by atoms with Gasteiger partial charge in [0.05, 0.1) is 12.8 Å². The number of benzene rings is 1. The van der Waals surface area contributed by atoms with E-state index in [4.69, 9.17) is 4.74 Å². The minimum absolute atomic E-state index is 0.266. The van der Waals surface area contributed by atoms with E-state index in [0.29, 0.717) is 0 Å². The molecule has 0 fully saturated rings. The molecule has 0 radical (unpaired) electrons. The molecule has 0 aliphatic rings. The molecule has 1 heterocycles. The summed E-state index contributed by atoms with van der Waals surface area (Å²) in [4.78, 5) is 0. The summed E-state index contributed by atoms with van der Waals surface area (Å²) in [6.07, 6.45) is 1.95. The maximum absolute atomic E-state index is 5.23. The minimum Gasteiger partial charge on any atom is -0.497 e. The van der Waals surface area contributed by atoms with Gasteiger partial charge < -0.3 is 10.1 Å². The van der Waals surface area contributed by atoms with Crippen LogP contribution in [0.4, 0.5) is 0 Å². The second kappa shape index (κ2) is 5.69. The SMILES string of the molecule is COc1cccc([C@H](C)NCc2ccn(C)n2)c1. The molecule has 0 amide bonds. The summed E-state index contributed by atoms with van der Waals surface area (Å²) >= 11 is 0. The van der Waals surface area contributed by atoms with E-state index in [2.05, 4.69) is 29.5 Å². The first kappa shape index (κ1) is 12.6. The van der Waals surface area contributed by atoms with E-state index in [1.54, 1.807) is 7.11 Å². The lowest BCUT2D eigenvalue weighted by molar-refractivity contribution is 0.413. The molecule has 1 aromatic heterocycles. The molecule has 0 spiro atoms. The van der Waals surface area contributed by atoms with Crippen LogP contribution in [-0.4, -0.2) is 16.9 Å². The Labute approximate surface area is 108 Å². The van der Waals surface area contributed by atoms with Gasteiger partial charge in [-0.3, -0.25) is 4.68 Å². The zero-order valence-electron chi connectivity index (χ0n) is 11.1. The standard InChI is InChI=1S/C14H19N3O/c1-11(12-5-4-6-14(9-12)18-3)15-10-13-7-8-17(2)16-13/h4-9,11,15H,10H2,1-3H3/t11-/m0/s1. The molecular weight excluding hydrogens is 226 g/mol. The first-order valence-corrected chi connectivity index (χ1v) is 6.05. The van der Waals surface area contributed by atoms with E-state index in [1.165, 1.54) is 5.56 Å². The van der Waals surface area contributed by atoms with Gasteiger partial charge in [0.15, 0.2) is 0 Å². The molecule has 0 aliphatic carbocycles. The van der Waals surface area contributed by atoms with E-state index < -0.39 is 0 Å². The van der Waals surface area contributed by atoms with Gasteiger partial charge in [0.2, 0.25) is 0 Å². The zero-order chi connectivity index (χ0) is 13.0. The first-order valence-electron chi connectivity index (χ1n) is 6.05. The Morgan fingerprint density at radius 2 is 2.22 bits per heavy atom. The lowest BCUT2D eigenvalue weighted by Gasteiger charge is -2.14. The molecule has 2 aromatic rings. The van der Waals surface area contributed by atoms with Crippen molar-refractivity contribution in [3.05, 3.63) is 47.8 Å². The lowest BCUT2D eigenvalue weighted by Crippen LogP contribution is -2.18. The highest BCUT2D eigenvalue weighted by atomic mass is 16.5. The molecule has 4 nitrogen and oxygen atoms in total. The van der Waals surface area contributed by atoms with Crippen LogP contribution in [0.1, 0.15) is 24.2 Å². The number of aromatic nitrogens is 2. The second-order valence-corrected chi connectivity index (χ2v) is 4.36. The van der Waals surface area contributed by atoms with Gasteiger partial charge >= 0.3 is 0 Å². The van der Waals surface area contributed by atoms with Crippen molar-refractivity contribution in [2.45, 2.75) is 19.5 Å². The molecular formula is C14H19N3O. The monoisotopic (exact) mass is 245 g/mol. The summed E-state index contributed by atoms with van der Waals surface area (Å²) in [7, 11) is 3.61. The number of nitrogens with zero attached hydrogens (tertiary/aromatic N) is 2. The fraction of sp³-hybridized carbons (Fsp3) is 0.357. The van der Waals surface area contributed by atoms with Crippen LogP contribution in [0.3, 0.4) is 0 Å². The van der Waals surface area contributed by atoms with Crippen molar-refractivity contribution in [1.82, 2.24) is 15.1 Å². The Morgan fingerprint density at radius 3 is 2.89 bits per heavy atom. The number of rotatable bonds is 5. The van der Waals surface area contributed by atoms with Crippen LogP contribution in [0.5, 0.6) is 5.75 Å². The molecule has 1 aromatic carbocycles. The number of nitrogens with one attached hydrogen (secondary N) is 1. The fourth-order valence-corrected chi connectivity index (χ4v) is 1.84. The number of hydrogen-bond acceptors (Lipinski definition) is 3. The number of hydrogen-bond donors (Lipinski definition) is 1. The zero-order valence-corrected chi connectivity index (χ0v) is 11.1. The van der Waals surface area contributed by atoms with Crippen LogP contribution in [-0.2, 0) is 13.6 Å². The van der Waals surface area contributed by atoms with Crippen LogP contribution in [0, 0.1) is 0 Å². The van der Waals surface area contributed by atoms with Crippen molar-refractivity contribution in [3.8, 4) is 5.75 Å². The summed E-state index contributed by atoms with van der Waals surface area (Å²) in [6.45, 7) is 2.90. The van der Waals surface area contributed by atoms with E-state index in [9.17, 15) is 0 Å². The quantitative estimate of drug-likeness (QED) is 0.878.